The van der Waals surface area contributed by atoms with Crippen LogP contribution in [0.2, 0.25) is 0 Å². The highest BCUT2D eigenvalue weighted by molar-refractivity contribution is 5.91. The van der Waals surface area contributed by atoms with E-state index in [1.165, 1.54) is 12.0 Å². The van der Waals surface area contributed by atoms with Crippen molar-refractivity contribution in [2.75, 3.05) is 26.9 Å². The van der Waals surface area contributed by atoms with Gasteiger partial charge < -0.3 is 29.2 Å². The van der Waals surface area contributed by atoms with Gasteiger partial charge in [-0.25, -0.2) is 14.4 Å². The maximum absolute atomic E-state index is 13.9. The van der Waals surface area contributed by atoms with E-state index in [-0.39, 0.29) is 25.0 Å². The smallest absolute Gasteiger partial charge is 0.410 e. The largest absolute Gasteiger partial charge is 0.489 e. The fraction of sp³-hybridized carbons (Fsp3) is 0.613. The fourth-order valence-corrected chi connectivity index (χ4v) is 5.91. The average molecular weight is 584 g/mol. The molecule has 1 unspecified atom stereocenters. The molecule has 228 valence electrons. The quantitative estimate of drug-likeness (QED) is 0.300. The molecule has 4 bridgehead atoms. The lowest BCUT2D eigenvalue weighted by atomic mass is 9.85. The van der Waals surface area contributed by atoms with E-state index in [4.69, 9.17) is 18.9 Å². The summed E-state index contributed by atoms with van der Waals surface area (Å²) in [6.07, 6.45) is 5.89. The van der Waals surface area contributed by atoms with Gasteiger partial charge in [0.2, 0.25) is 5.91 Å². The summed E-state index contributed by atoms with van der Waals surface area (Å²) in [5.74, 6) is -0.344. The minimum Gasteiger partial charge on any atom is -0.489 e. The number of benzene rings is 1. The molecule has 42 heavy (non-hydrogen) atoms. The molecule has 3 heterocycles. The Morgan fingerprint density at radius 3 is 2.57 bits per heavy atom. The van der Waals surface area contributed by atoms with E-state index in [0.29, 0.717) is 19.7 Å². The van der Waals surface area contributed by atoms with Gasteiger partial charge in [-0.1, -0.05) is 45.1 Å². The van der Waals surface area contributed by atoms with Gasteiger partial charge in [0.15, 0.2) is 0 Å². The number of rotatable bonds is 1. The normalized spacial score (nSPS) is 27.1. The zero-order chi connectivity index (χ0) is 30.1. The van der Waals surface area contributed by atoms with Crippen molar-refractivity contribution in [2.45, 2.75) is 84.2 Å². The molecule has 1 saturated heterocycles. The number of allylic oxidation sites excluding steroid dienone is 1. The third-order valence-corrected chi connectivity index (χ3v) is 8.67. The Morgan fingerprint density at radius 2 is 1.86 bits per heavy atom. The molecule has 1 spiro atoms. The number of methoxy groups -OCH3 is 1. The molecular formula is C31H41N3O8. The van der Waals surface area contributed by atoms with E-state index in [0.717, 1.165) is 42.6 Å². The van der Waals surface area contributed by atoms with Gasteiger partial charge in [-0.15, -0.1) is 0 Å². The molecule has 3 atom stereocenters. The Hall–Kier alpha value is -3.76. The molecule has 11 heteroatoms. The van der Waals surface area contributed by atoms with E-state index in [9.17, 15) is 19.2 Å². The molecule has 1 aromatic carbocycles. The van der Waals surface area contributed by atoms with Crippen molar-refractivity contribution < 1.29 is 38.1 Å². The van der Waals surface area contributed by atoms with Crippen molar-refractivity contribution in [3.05, 3.63) is 41.5 Å². The molecule has 4 aliphatic rings. The van der Waals surface area contributed by atoms with Crippen LogP contribution in [0.3, 0.4) is 0 Å². The van der Waals surface area contributed by atoms with Gasteiger partial charge in [-0.05, 0) is 42.7 Å². The summed E-state index contributed by atoms with van der Waals surface area (Å²) >= 11 is 0. The van der Waals surface area contributed by atoms with Gasteiger partial charge in [0.05, 0.1) is 26.8 Å². The van der Waals surface area contributed by atoms with E-state index in [2.05, 4.69) is 11.4 Å². The minimum atomic E-state index is -0.978. The van der Waals surface area contributed by atoms with Crippen LogP contribution in [-0.4, -0.2) is 78.9 Å². The predicted octanol–water partition coefficient (Wildman–Crippen LogP) is 3.93. The Labute approximate surface area is 246 Å². The second-order valence-corrected chi connectivity index (χ2v) is 12.9. The zero-order valence-electron chi connectivity index (χ0n) is 24.9. The number of fused-ring (bicyclic) bond motifs is 3. The number of nitrogens with zero attached hydrogens (tertiary/aromatic N) is 2. The number of hydrogen-bond acceptors (Lipinski definition) is 8. The monoisotopic (exact) mass is 583 g/mol. The Morgan fingerprint density at radius 1 is 1.07 bits per heavy atom. The molecule has 5 rings (SSSR count). The van der Waals surface area contributed by atoms with Gasteiger partial charge in [-0.3, -0.25) is 9.69 Å². The van der Waals surface area contributed by atoms with Crippen LogP contribution in [0, 0.1) is 10.8 Å². The number of cyclic esters (lactones) is 1. The first-order chi connectivity index (χ1) is 20.0. The molecule has 1 aromatic rings. The van der Waals surface area contributed by atoms with Crippen LogP contribution in [0.4, 0.5) is 9.59 Å². The first-order valence-corrected chi connectivity index (χ1v) is 14.7. The highest BCUT2D eigenvalue weighted by atomic mass is 16.6. The van der Waals surface area contributed by atoms with Gasteiger partial charge in [0, 0.05) is 23.9 Å². The van der Waals surface area contributed by atoms with Crippen molar-refractivity contribution in [1.29, 1.82) is 0 Å². The zero-order valence-corrected chi connectivity index (χ0v) is 24.9. The lowest BCUT2D eigenvalue weighted by molar-refractivity contribution is -0.152. The van der Waals surface area contributed by atoms with Crippen molar-refractivity contribution in [3.8, 4) is 5.75 Å². The molecule has 1 aliphatic carbocycles. The number of hydrogen-bond donors (Lipinski definition) is 1. The summed E-state index contributed by atoms with van der Waals surface area (Å²) in [6.45, 7) is 6.88. The van der Waals surface area contributed by atoms with Gasteiger partial charge in [0.1, 0.15) is 30.5 Å². The summed E-state index contributed by atoms with van der Waals surface area (Å²) in [5, 5.41) is 2.75. The van der Waals surface area contributed by atoms with Gasteiger partial charge >= 0.3 is 18.2 Å². The Bertz CT molecular complexity index is 1250. The van der Waals surface area contributed by atoms with Gasteiger partial charge in [0.25, 0.3) is 0 Å². The Kier molecular flexibility index (Phi) is 8.39. The van der Waals surface area contributed by atoms with Crippen LogP contribution in [0.5, 0.6) is 5.75 Å². The van der Waals surface area contributed by atoms with E-state index in [1.807, 2.05) is 45.0 Å². The summed E-state index contributed by atoms with van der Waals surface area (Å²) in [4.78, 5) is 55.7. The summed E-state index contributed by atoms with van der Waals surface area (Å²) in [7, 11) is 1.25. The van der Waals surface area contributed by atoms with Crippen LogP contribution in [0.15, 0.2) is 30.4 Å². The lowest BCUT2D eigenvalue weighted by Gasteiger charge is -2.34. The summed E-state index contributed by atoms with van der Waals surface area (Å²) in [6, 6.07) is 3.84. The van der Waals surface area contributed by atoms with E-state index in [1.54, 1.807) is 4.90 Å². The number of carbonyl (C=O) groups excluding carboxylic acids is 4. The SMILES string of the molecule is COC(=O)C1C[C@@H]2CN1C(=O)[C@H](C(C)(C)C)NC(=O)OCC1(CC/C=C/COc3cccc4c3CN(C4)C(=O)O2)CC1. The van der Waals surface area contributed by atoms with Gasteiger partial charge in [-0.2, -0.15) is 0 Å². The van der Waals surface area contributed by atoms with Crippen LogP contribution < -0.4 is 10.1 Å². The highest BCUT2D eigenvalue weighted by Crippen LogP contribution is 2.50. The molecule has 0 aromatic heterocycles. The van der Waals surface area contributed by atoms with Crippen molar-refractivity contribution in [1.82, 2.24) is 15.1 Å². The topological polar surface area (TPSA) is 124 Å². The number of alkyl carbamates (subject to hydrolysis) is 1. The maximum atomic E-state index is 13.9. The molecule has 11 nitrogen and oxygen atoms in total. The average Bonchev–Trinajstić information content (AvgIpc) is 3.36. The molecular weight excluding hydrogens is 542 g/mol. The maximum Gasteiger partial charge on any atom is 0.410 e. The third-order valence-electron chi connectivity index (χ3n) is 8.67. The molecule has 1 N–H and O–H groups in total. The van der Waals surface area contributed by atoms with Crippen LogP contribution in [0.25, 0.3) is 0 Å². The summed E-state index contributed by atoms with van der Waals surface area (Å²) < 4.78 is 22.5. The molecule has 3 amide bonds. The first-order valence-electron chi connectivity index (χ1n) is 14.7. The molecule has 1 saturated carbocycles. The van der Waals surface area contributed by atoms with Crippen LogP contribution in [-0.2, 0) is 36.9 Å². The van der Waals surface area contributed by atoms with Crippen LogP contribution >= 0.6 is 0 Å². The number of nitrogens with one attached hydrogen (secondary N) is 1. The third kappa shape index (κ3) is 6.50. The molecule has 0 radical (unpaired) electrons. The van der Waals surface area contributed by atoms with E-state index >= 15 is 0 Å². The predicted molar refractivity (Wildman–Crippen MR) is 151 cm³/mol. The standard InChI is InChI=1S/C31H41N3O8/c1-30(2,3)25-26(35)34-17-21(15-23(34)27(36)39-4)42-29(38)33-16-20-9-8-10-24(22(20)18-33)40-14-7-5-6-11-31(12-13-31)19-41-28(37)32-25/h5,7-10,21,23,25H,6,11-19H2,1-4H3,(H,32,37)/b7-5+/t21-,23?,25-/m1/s1. The van der Waals surface area contributed by atoms with Crippen LogP contribution in [0.1, 0.15) is 64.0 Å². The van der Waals surface area contributed by atoms with Crippen molar-refractivity contribution in [3.63, 3.8) is 0 Å². The Balaban J connectivity index is 1.39. The first kappa shape index (κ1) is 29.7. The van der Waals surface area contributed by atoms with Crippen molar-refractivity contribution >= 4 is 24.1 Å². The summed E-state index contributed by atoms with van der Waals surface area (Å²) in [5.41, 5.74) is 1.19. The molecule has 2 fully saturated rings. The second kappa shape index (κ2) is 11.9. The fourth-order valence-electron chi connectivity index (χ4n) is 5.91. The number of amides is 3. The highest BCUT2D eigenvalue weighted by Gasteiger charge is 2.48. The number of ether oxygens (including phenoxy) is 4. The van der Waals surface area contributed by atoms with E-state index < -0.39 is 47.7 Å². The molecule has 3 aliphatic heterocycles. The lowest BCUT2D eigenvalue weighted by Crippen LogP contribution is -2.57. The number of esters is 1. The number of carbonyl (C=O) groups is 4. The second-order valence-electron chi connectivity index (χ2n) is 12.9. The minimum absolute atomic E-state index is 0.00174. The van der Waals surface area contributed by atoms with Crippen molar-refractivity contribution in [2.24, 2.45) is 10.8 Å².